The van der Waals surface area contributed by atoms with E-state index in [1.54, 1.807) is 6.20 Å². The lowest BCUT2D eigenvalue weighted by Gasteiger charge is -2.09. The Morgan fingerprint density at radius 2 is 1.60 bits per heavy atom. The van der Waals surface area contributed by atoms with Crippen molar-refractivity contribution in [2.24, 2.45) is 0 Å². The van der Waals surface area contributed by atoms with Crippen LogP contribution in [0.25, 0.3) is 11.4 Å². The van der Waals surface area contributed by atoms with Crippen LogP contribution in [0.4, 0.5) is 0 Å². The van der Waals surface area contributed by atoms with E-state index in [-0.39, 0.29) is 0 Å². The Labute approximate surface area is 117 Å². The van der Waals surface area contributed by atoms with Gasteiger partial charge in [0.25, 0.3) is 0 Å². The van der Waals surface area contributed by atoms with Gasteiger partial charge in [0.2, 0.25) is 0 Å². The molecule has 3 aromatic rings. The molecule has 4 rings (SSSR count). The fourth-order valence-corrected chi connectivity index (χ4v) is 2.93. The number of nitrogens with zero attached hydrogens (tertiary/aromatic N) is 3. The standard InChI is InChI=1S/C17H15N3/c1-2-6-14-10-15(9-13(14)5-1)20-11-17(19-12-20)16-7-3-4-8-18-16/h1-8,11-12,15H,9-10H2. The van der Waals surface area contributed by atoms with Gasteiger partial charge in [-0.3, -0.25) is 4.98 Å². The molecule has 0 N–H and O–H groups in total. The molecule has 2 heterocycles. The van der Waals surface area contributed by atoms with Crippen molar-refractivity contribution in [2.75, 3.05) is 0 Å². The highest BCUT2D eigenvalue weighted by molar-refractivity contribution is 5.52. The molecule has 3 heteroatoms. The largest absolute Gasteiger partial charge is 0.333 e. The Kier molecular flexibility index (Phi) is 2.62. The van der Waals surface area contributed by atoms with E-state index in [1.165, 1.54) is 11.1 Å². The van der Waals surface area contributed by atoms with Crippen LogP contribution >= 0.6 is 0 Å². The van der Waals surface area contributed by atoms with Crippen molar-refractivity contribution in [3.05, 3.63) is 72.3 Å². The summed E-state index contributed by atoms with van der Waals surface area (Å²) in [6.45, 7) is 0. The molecule has 98 valence electrons. The number of hydrogen-bond acceptors (Lipinski definition) is 2. The molecule has 0 aliphatic heterocycles. The summed E-state index contributed by atoms with van der Waals surface area (Å²) >= 11 is 0. The average Bonchev–Trinajstić information content (AvgIpc) is 3.14. The van der Waals surface area contributed by atoms with Crippen molar-refractivity contribution in [1.29, 1.82) is 0 Å². The van der Waals surface area contributed by atoms with Crippen LogP contribution in [0.2, 0.25) is 0 Å². The van der Waals surface area contributed by atoms with Gasteiger partial charge in [0, 0.05) is 18.4 Å². The number of aromatic nitrogens is 3. The number of rotatable bonds is 2. The summed E-state index contributed by atoms with van der Waals surface area (Å²) in [4.78, 5) is 8.85. The zero-order chi connectivity index (χ0) is 13.4. The van der Waals surface area contributed by atoms with Gasteiger partial charge in [0.05, 0.1) is 12.0 Å². The normalized spacial score (nSPS) is 14.4. The van der Waals surface area contributed by atoms with Crippen LogP contribution < -0.4 is 0 Å². The van der Waals surface area contributed by atoms with E-state index in [0.717, 1.165) is 24.2 Å². The van der Waals surface area contributed by atoms with Crippen molar-refractivity contribution in [3.63, 3.8) is 0 Å². The van der Waals surface area contributed by atoms with Crippen molar-refractivity contribution in [1.82, 2.24) is 14.5 Å². The maximum atomic E-state index is 4.49. The highest BCUT2D eigenvalue weighted by atomic mass is 15.1. The first-order valence-corrected chi connectivity index (χ1v) is 6.92. The molecule has 0 radical (unpaired) electrons. The van der Waals surface area contributed by atoms with E-state index < -0.39 is 0 Å². The Balaban J connectivity index is 1.61. The van der Waals surface area contributed by atoms with Crippen LogP contribution in [0.3, 0.4) is 0 Å². The first kappa shape index (κ1) is 11.4. The van der Waals surface area contributed by atoms with Gasteiger partial charge in [0.1, 0.15) is 5.69 Å². The van der Waals surface area contributed by atoms with Gasteiger partial charge in [-0.25, -0.2) is 4.98 Å². The SMILES string of the molecule is c1ccc(-c2cn(C3Cc4ccccc4C3)cn2)nc1. The Morgan fingerprint density at radius 3 is 2.30 bits per heavy atom. The van der Waals surface area contributed by atoms with E-state index in [1.807, 2.05) is 24.5 Å². The molecule has 3 nitrogen and oxygen atoms in total. The van der Waals surface area contributed by atoms with Crippen LogP contribution in [0.5, 0.6) is 0 Å². The van der Waals surface area contributed by atoms with Crippen LogP contribution in [-0.2, 0) is 12.8 Å². The van der Waals surface area contributed by atoms with Crippen LogP contribution in [-0.4, -0.2) is 14.5 Å². The van der Waals surface area contributed by atoms with Crippen molar-refractivity contribution in [3.8, 4) is 11.4 Å². The molecular formula is C17H15N3. The third kappa shape index (κ3) is 1.92. The van der Waals surface area contributed by atoms with E-state index in [0.29, 0.717) is 6.04 Å². The molecule has 1 aliphatic carbocycles. The molecular weight excluding hydrogens is 246 g/mol. The van der Waals surface area contributed by atoms with Gasteiger partial charge in [-0.1, -0.05) is 30.3 Å². The lowest BCUT2D eigenvalue weighted by Crippen LogP contribution is -2.06. The molecule has 0 saturated carbocycles. The van der Waals surface area contributed by atoms with E-state index in [9.17, 15) is 0 Å². The predicted octanol–water partition coefficient (Wildman–Crippen LogP) is 3.29. The van der Waals surface area contributed by atoms with E-state index in [4.69, 9.17) is 0 Å². The highest BCUT2D eigenvalue weighted by Crippen LogP contribution is 2.30. The summed E-state index contributed by atoms with van der Waals surface area (Å²) in [7, 11) is 0. The predicted molar refractivity (Wildman–Crippen MR) is 78.3 cm³/mol. The minimum Gasteiger partial charge on any atom is -0.333 e. The first-order valence-electron chi connectivity index (χ1n) is 6.92. The second kappa shape index (κ2) is 4.60. The molecule has 0 fully saturated rings. The Bertz CT molecular complexity index is 706. The van der Waals surface area contributed by atoms with Gasteiger partial charge < -0.3 is 4.57 Å². The van der Waals surface area contributed by atoms with Gasteiger partial charge in [-0.15, -0.1) is 0 Å². The molecule has 0 saturated heterocycles. The zero-order valence-corrected chi connectivity index (χ0v) is 11.1. The summed E-state index contributed by atoms with van der Waals surface area (Å²) in [6.07, 6.45) is 8.03. The minimum absolute atomic E-state index is 0.484. The van der Waals surface area contributed by atoms with Gasteiger partial charge in [-0.2, -0.15) is 0 Å². The van der Waals surface area contributed by atoms with Crippen molar-refractivity contribution in [2.45, 2.75) is 18.9 Å². The summed E-state index contributed by atoms with van der Waals surface area (Å²) in [5.41, 5.74) is 4.81. The second-order valence-corrected chi connectivity index (χ2v) is 5.25. The van der Waals surface area contributed by atoms with Crippen molar-refractivity contribution >= 4 is 0 Å². The van der Waals surface area contributed by atoms with Crippen LogP contribution in [0, 0.1) is 0 Å². The minimum atomic E-state index is 0.484. The number of fused-ring (bicyclic) bond motifs is 1. The highest BCUT2D eigenvalue weighted by Gasteiger charge is 2.22. The topological polar surface area (TPSA) is 30.7 Å². The fourth-order valence-electron chi connectivity index (χ4n) is 2.93. The summed E-state index contributed by atoms with van der Waals surface area (Å²) in [5, 5.41) is 0. The summed E-state index contributed by atoms with van der Waals surface area (Å²) < 4.78 is 2.23. The quantitative estimate of drug-likeness (QED) is 0.708. The molecule has 0 bridgehead atoms. The maximum absolute atomic E-state index is 4.49. The molecule has 20 heavy (non-hydrogen) atoms. The van der Waals surface area contributed by atoms with Gasteiger partial charge in [0.15, 0.2) is 0 Å². The second-order valence-electron chi connectivity index (χ2n) is 5.25. The molecule has 0 unspecified atom stereocenters. The molecule has 1 aliphatic rings. The lowest BCUT2D eigenvalue weighted by atomic mass is 10.1. The number of benzene rings is 1. The van der Waals surface area contributed by atoms with Crippen LogP contribution in [0.1, 0.15) is 17.2 Å². The van der Waals surface area contributed by atoms with Gasteiger partial charge in [-0.05, 0) is 36.1 Å². The number of imidazole rings is 1. The van der Waals surface area contributed by atoms with Crippen molar-refractivity contribution < 1.29 is 0 Å². The molecule has 0 amide bonds. The zero-order valence-electron chi connectivity index (χ0n) is 11.1. The molecule has 2 aromatic heterocycles. The van der Waals surface area contributed by atoms with Gasteiger partial charge >= 0.3 is 0 Å². The van der Waals surface area contributed by atoms with Crippen LogP contribution in [0.15, 0.2) is 61.2 Å². The molecule has 0 atom stereocenters. The lowest BCUT2D eigenvalue weighted by molar-refractivity contribution is 0.529. The molecule has 0 spiro atoms. The maximum Gasteiger partial charge on any atom is 0.107 e. The summed E-state index contributed by atoms with van der Waals surface area (Å²) in [6, 6.07) is 15.1. The molecule has 1 aromatic carbocycles. The number of pyridine rings is 1. The van der Waals surface area contributed by atoms with E-state index in [2.05, 4.69) is 45.0 Å². The fraction of sp³-hybridized carbons (Fsp3) is 0.176. The third-order valence-electron chi connectivity index (χ3n) is 3.98. The average molecular weight is 261 g/mol. The Morgan fingerprint density at radius 1 is 0.850 bits per heavy atom. The summed E-state index contributed by atoms with van der Waals surface area (Å²) in [5.74, 6) is 0. The van der Waals surface area contributed by atoms with E-state index >= 15 is 0 Å². The number of hydrogen-bond donors (Lipinski definition) is 0. The third-order valence-corrected chi connectivity index (χ3v) is 3.98. The monoisotopic (exact) mass is 261 g/mol. The first-order chi connectivity index (χ1) is 9.90. The Hall–Kier alpha value is -2.42. The smallest absolute Gasteiger partial charge is 0.107 e.